The predicted octanol–water partition coefficient (Wildman–Crippen LogP) is 4.39. The molecule has 3 aromatic rings. The van der Waals surface area contributed by atoms with Crippen LogP contribution in [-0.2, 0) is 20.0 Å². The van der Waals surface area contributed by atoms with Gasteiger partial charge in [0.05, 0.1) is 22.9 Å². The third kappa shape index (κ3) is 5.02. The Bertz CT molecular complexity index is 1440. The van der Waals surface area contributed by atoms with Crippen molar-refractivity contribution in [2.24, 2.45) is 5.10 Å². The lowest BCUT2D eigenvalue weighted by atomic mass is 9.99. The molecule has 0 spiro atoms. The molecule has 0 amide bonds. The monoisotopic (exact) mass is 507 g/mol. The van der Waals surface area contributed by atoms with Crippen LogP contribution in [0.4, 0.5) is 10.1 Å². The van der Waals surface area contributed by atoms with E-state index >= 15 is 0 Å². The molecule has 33 heavy (non-hydrogen) atoms. The maximum absolute atomic E-state index is 14.7. The van der Waals surface area contributed by atoms with Crippen molar-refractivity contribution in [3.63, 3.8) is 0 Å². The van der Waals surface area contributed by atoms with Crippen molar-refractivity contribution >= 4 is 43.0 Å². The van der Waals surface area contributed by atoms with Crippen molar-refractivity contribution in [3.05, 3.63) is 94.8 Å². The summed E-state index contributed by atoms with van der Waals surface area (Å²) in [5, 5.41) is 4.60. The third-order valence-electron chi connectivity index (χ3n) is 5.00. The molecule has 4 rings (SSSR count). The van der Waals surface area contributed by atoms with E-state index in [1.54, 1.807) is 36.4 Å². The molecule has 0 saturated carbocycles. The SMILES string of the molecule is CS(=O)(=O)Nc1ccc(C2=NN(S(=O)(=O)c3cccc(Cl)c3)[C@H](c3ccccc3F)C2)cc1. The molecular formula is C22H19ClFN3O4S2. The number of halogens is 2. The van der Waals surface area contributed by atoms with Crippen LogP contribution in [0.5, 0.6) is 0 Å². The van der Waals surface area contributed by atoms with Crippen LogP contribution in [0.1, 0.15) is 23.6 Å². The quantitative estimate of drug-likeness (QED) is 0.535. The Balaban J connectivity index is 1.76. The van der Waals surface area contributed by atoms with Crippen molar-refractivity contribution in [2.45, 2.75) is 17.4 Å². The van der Waals surface area contributed by atoms with Gasteiger partial charge in [0.25, 0.3) is 10.0 Å². The molecule has 1 atom stereocenters. The van der Waals surface area contributed by atoms with Crippen molar-refractivity contribution in [1.82, 2.24) is 4.41 Å². The second-order valence-corrected chi connectivity index (χ2v) is 11.5. The van der Waals surface area contributed by atoms with Crippen LogP contribution < -0.4 is 4.72 Å². The van der Waals surface area contributed by atoms with Crippen LogP contribution in [0.2, 0.25) is 5.02 Å². The highest BCUT2D eigenvalue weighted by atomic mass is 35.5. The summed E-state index contributed by atoms with van der Waals surface area (Å²) in [6.07, 6.45) is 1.17. The van der Waals surface area contributed by atoms with Gasteiger partial charge in [0.15, 0.2) is 0 Å². The summed E-state index contributed by atoms with van der Waals surface area (Å²) < 4.78 is 67.7. The lowest BCUT2D eigenvalue weighted by Crippen LogP contribution is -2.28. The van der Waals surface area contributed by atoms with Crippen molar-refractivity contribution in [2.75, 3.05) is 11.0 Å². The van der Waals surface area contributed by atoms with E-state index in [4.69, 9.17) is 11.6 Å². The highest BCUT2D eigenvalue weighted by molar-refractivity contribution is 7.92. The van der Waals surface area contributed by atoms with Gasteiger partial charge in [-0.05, 0) is 42.0 Å². The number of hydrazone groups is 1. The Morgan fingerprint density at radius 3 is 2.33 bits per heavy atom. The molecule has 0 unspecified atom stereocenters. The van der Waals surface area contributed by atoms with E-state index in [2.05, 4.69) is 9.82 Å². The summed E-state index contributed by atoms with van der Waals surface area (Å²) in [5.74, 6) is -0.544. The van der Waals surface area contributed by atoms with Gasteiger partial charge in [-0.1, -0.05) is 48.0 Å². The van der Waals surface area contributed by atoms with Gasteiger partial charge in [-0.25, -0.2) is 12.8 Å². The number of sulfonamides is 2. The molecule has 1 heterocycles. The van der Waals surface area contributed by atoms with Crippen LogP contribution in [0, 0.1) is 5.82 Å². The topological polar surface area (TPSA) is 95.9 Å². The van der Waals surface area contributed by atoms with Gasteiger partial charge >= 0.3 is 0 Å². The molecule has 0 aromatic heterocycles. The van der Waals surface area contributed by atoms with Gasteiger partial charge in [0, 0.05) is 22.7 Å². The Hall–Kier alpha value is -2.95. The van der Waals surface area contributed by atoms with Crippen molar-refractivity contribution in [3.8, 4) is 0 Å². The van der Waals surface area contributed by atoms with Gasteiger partial charge in [0.1, 0.15) is 5.82 Å². The molecule has 1 N–H and O–H groups in total. The average Bonchev–Trinajstić information content (AvgIpc) is 3.19. The van der Waals surface area contributed by atoms with E-state index in [0.29, 0.717) is 17.0 Å². The van der Waals surface area contributed by atoms with E-state index in [0.717, 1.165) is 10.7 Å². The molecule has 172 valence electrons. The van der Waals surface area contributed by atoms with Crippen LogP contribution in [0.3, 0.4) is 0 Å². The first-order valence-corrected chi connectivity index (χ1v) is 13.5. The molecular weight excluding hydrogens is 489 g/mol. The summed E-state index contributed by atoms with van der Waals surface area (Å²) >= 11 is 5.99. The second-order valence-electron chi connectivity index (χ2n) is 7.47. The first-order chi connectivity index (χ1) is 15.5. The standard InChI is InChI=1S/C22H19ClFN3O4S2/c1-32(28,29)26-17-11-9-15(10-12-17)21-14-22(19-7-2-3-8-20(19)24)27(25-21)33(30,31)18-6-4-5-16(23)13-18/h2-13,22,26H,14H2,1H3/t22-/m0/s1. The normalized spacial score (nSPS) is 16.5. The summed E-state index contributed by atoms with van der Waals surface area (Å²) in [5.41, 5.74) is 1.55. The number of hydrogen-bond donors (Lipinski definition) is 1. The molecule has 0 radical (unpaired) electrons. The number of rotatable bonds is 6. The Labute approximate surface area is 196 Å². The van der Waals surface area contributed by atoms with Gasteiger partial charge in [-0.3, -0.25) is 4.72 Å². The minimum Gasteiger partial charge on any atom is -0.284 e. The molecule has 0 aliphatic carbocycles. The molecule has 1 aliphatic heterocycles. The fourth-order valence-electron chi connectivity index (χ4n) is 3.54. The van der Waals surface area contributed by atoms with E-state index in [1.165, 1.54) is 36.4 Å². The third-order valence-corrected chi connectivity index (χ3v) is 7.52. The molecule has 11 heteroatoms. The number of hydrogen-bond acceptors (Lipinski definition) is 5. The largest absolute Gasteiger partial charge is 0.284 e. The minimum absolute atomic E-state index is 0.0611. The fraction of sp³-hybridized carbons (Fsp3) is 0.136. The number of anilines is 1. The van der Waals surface area contributed by atoms with E-state index in [-0.39, 0.29) is 21.9 Å². The fourth-order valence-corrected chi connectivity index (χ4v) is 5.83. The first kappa shape index (κ1) is 23.2. The van der Waals surface area contributed by atoms with Gasteiger partial charge < -0.3 is 0 Å². The van der Waals surface area contributed by atoms with E-state index < -0.39 is 31.9 Å². The van der Waals surface area contributed by atoms with Crippen LogP contribution in [0.15, 0.2) is 82.8 Å². The van der Waals surface area contributed by atoms with Crippen molar-refractivity contribution < 1.29 is 21.2 Å². The molecule has 7 nitrogen and oxygen atoms in total. The summed E-state index contributed by atoms with van der Waals surface area (Å²) in [4.78, 5) is -0.0611. The highest BCUT2D eigenvalue weighted by Gasteiger charge is 2.39. The van der Waals surface area contributed by atoms with E-state index in [9.17, 15) is 21.2 Å². The maximum Gasteiger partial charge on any atom is 0.279 e. The van der Waals surface area contributed by atoms with Gasteiger partial charge in [-0.15, -0.1) is 0 Å². The lowest BCUT2D eigenvalue weighted by molar-refractivity contribution is 0.362. The first-order valence-electron chi connectivity index (χ1n) is 9.75. The number of nitrogens with one attached hydrogen (secondary N) is 1. The maximum atomic E-state index is 14.7. The Morgan fingerprint density at radius 2 is 1.70 bits per heavy atom. The molecule has 1 aliphatic rings. The summed E-state index contributed by atoms with van der Waals surface area (Å²) in [7, 11) is -7.59. The minimum atomic E-state index is -4.15. The van der Waals surface area contributed by atoms with Gasteiger partial charge in [0.2, 0.25) is 10.0 Å². The number of nitrogens with zero attached hydrogens (tertiary/aromatic N) is 2. The zero-order chi connectivity index (χ0) is 23.8. The van der Waals surface area contributed by atoms with Crippen LogP contribution in [0.25, 0.3) is 0 Å². The van der Waals surface area contributed by atoms with Crippen LogP contribution >= 0.6 is 11.6 Å². The molecule has 3 aromatic carbocycles. The molecule has 0 fully saturated rings. The molecule has 0 bridgehead atoms. The predicted molar refractivity (Wildman–Crippen MR) is 126 cm³/mol. The van der Waals surface area contributed by atoms with Crippen LogP contribution in [-0.4, -0.2) is 33.2 Å². The highest BCUT2D eigenvalue weighted by Crippen LogP contribution is 2.38. The van der Waals surface area contributed by atoms with Gasteiger partial charge in [-0.2, -0.15) is 17.9 Å². The number of benzene rings is 3. The smallest absolute Gasteiger partial charge is 0.279 e. The summed E-state index contributed by atoms with van der Waals surface area (Å²) in [6.45, 7) is 0. The van der Waals surface area contributed by atoms with Crippen molar-refractivity contribution in [1.29, 1.82) is 0 Å². The Morgan fingerprint density at radius 1 is 1.00 bits per heavy atom. The average molecular weight is 508 g/mol. The lowest BCUT2D eigenvalue weighted by Gasteiger charge is -2.23. The second kappa shape index (κ2) is 8.77. The summed E-state index contributed by atoms with van der Waals surface area (Å²) in [6, 6.07) is 17.2. The Kier molecular flexibility index (Phi) is 6.17. The van der Waals surface area contributed by atoms with E-state index in [1.807, 2.05) is 0 Å². The molecule has 0 saturated heterocycles. The zero-order valence-corrected chi connectivity index (χ0v) is 19.7. The zero-order valence-electron chi connectivity index (χ0n) is 17.3.